The summed E-state index contributed by atoms with van der Waals surface area (Å²) in [6.45, 7) is 5.06. The number of piperidine rings is 1. The highest BCUT2D eigenvalue weighted by molar-refractivity contribution is 5.93. The maximum Gasteiger partial charge on any atom is 0.295 e. The Bertz CT molecular complexity index is 1480. The summed E-state index contributed by atoms with van der Waals surface area (Å²) in [4.78, 5) is 37.7. The zero-order valence-electron chi connectivity index (χ0n) is 20.4. The van der Waals surface area contributed by atoms with Crippen LogP contribution in [0.1, 0.15) is 29.5 Å². The molecule has 1 unspecified atom stereocenters. The third-order valence-corrected chi connectivity index (χ3v) is 6.68. The molecule has 0 radical (unpaired) electrons. The van der Waals surface area contributed by atoms with E-state index in [-0.39, 0.29) is 23.2 Å². The fraction of sp³-hybridized carbons (Fsp3) is 0.286. The van der Waals surface area contributed by atoms with E-state index < -0.39 is 0 Å². The molecule has 7 nitrogen and oxygen atoms in total. The number of aromatic nitrogens is 3. The van der Waals surface area contributed by atoms with Gasteiger partial charge in [0.05, 0.1) is 12.5 Å². The number of halogens is 1. The van der Waals surface area contributed by atoms with Gasteiger partial charge in [0, 0.05) is 25.0 Å². The molecule has 3 heterocycles. The number of carbonyl (C=O) groups excluding carboxylic acids is 1. The SMILES string of the molecule is Cc1ccc(Cn2c(=O)c(N3CCCC(C(=O)Nc4ccc(C)c(F)c4)C3)nc3cccnc32)cc1. The lowest BCUT2D eigenvalue weighted by atomic mass is 9.97. The second-order valence-electron chi connectivity index (χ2n) is 9.40. The number of hydrogen-bond donors (Lipinski definition) is 1. The van der Waals surface area contributed by atoms with E-state index in [4.69, 9.17) is 0 Å². The van der Waals surface area contributed by atoms with Crippen molar-refractivity contribution in [3.8, 4) is 0 Å². The average molecular weight is 486 g/mol. The number of nitrogens with one attached hydrogen (secondary N) is 1. The van der Waals surface area contributed by atoms with Crippen LogP contribution in [0.25, 0.3) is 11.2 Å². The van der Waals surface area contributed by atoms with Gasteiger partial charge < -0.3 is 10.2 Å². The normalized spacial score (nSPS) is 15.8. The third kappa shape index (κ3) is 4.84. The topological polar surface area (TPSA) is 80.1 Å². The van der Waals surface area contributed by atoms with Gasteiger partial charge in [-0.1, -0.05) is 35.9 Å². The number of nitrogens with zero attached hydrogens (tertiary/aromatic N) is 4. The van der Waals surface area contributed by atoms with Gasteiger partial charge >= 0.3 is 0 Å². The van der Waals surface area contributed by atoms with Crippen LogP contribution in [0.3, 0.4) is 0 Å². The molecule has 1 aliphatic heterocycles. The summed E-state index contributed by atoms with van der Waals surface area (Å²) in [7, 11) is 0. The molecule has 2 aromatic heterocycles. The Hall–Kier alpha value is -4.07. The van der Waals surface area contributed by atoms with Crippen LogP contribution >= 0.6 is 0 Å². The molecule has 36 heavy (non-hydrogen) atoms. The van der Waals surface area contributed by atoms with Gasteiger partial charge in [-0.3, -0.25) is 14.2 Å². The van der Waals surface area contributed by atoms with E-state index in [2.05, 4.69) is 15.3 Å². The first-order chi connectivity index (χ1) is 17.4. The lowest BCUT2D eigenvalue weighted by Crippen LogP contribution is -2.44. The highest BCUT2D eigenvalue weighted by atomic mass is 19.1. The van der Waals surface area contributed by atoms with E-state index in [1.807, 2.05) is 42.2 Å². The van der Waals surface area contributed by atoms with Crippen molar-refractivity contribution < 1.29 is 9.18 Å². The highest BCUT2D eigenvalue weighted by Gasteiger charge is 2.29. The predicted molar refractivity (Wildman–Crippen MR) is 139 cm³/mol. The number of aryl methyl sites for hydroxylation is 2. The number of anilines is 2. The van der Waals surface area contributed by atoms with Crippen molar-refractivity contribution in [2.45, 2.75) is 33.2 Å². The first-order valence-electron chi connectivity index (χ1n) is 12.1. The van der Waals surface area contributed by atoms with Crippen molar-refractivity contribution in [2.75, 3.05) is 23.3 Å². The van der Waals surface area contributed by atoms with Crippen LogP contribution in [0.15, 0.2) is 65.6 Å². The predicted octanol–water partition coefficient (Wildman–Crippen LogP) is 4.45. The van der Waals surface area contributed by atoms with E-state index in [0.717, 1.165) is 17.5 Å². The van der Waals surface area contributed by atoms with Gasteiger partial charge in [0.25, 0.3) is 5.56 Å². The molecule has 2 aromatic carbocycles. The number of amides is 1. The van der Waals surface area contributed by atoms with Crippen LogP contribution in [0.5, 0.6) is 0 Å². The number of rotatable bonds is 5. The van der Waals surface area contributed by atoms with Crippen LogP contribution in [0.2, 0.25) is 0 Å². The Morgan fingerprint density at radius 3 is 2.72 bits per heavy atom. The minimum atomic E-state index is -0.360. The maximum absolute atomic E-state index is 13.9. The average Bonchev–Trinajstić information content (AvgIpc) is 2.89. The summed E-state index contributed by atoms with van der Waals surface area (Å²) in [5.41, 5.74) is 4.01. The Morgan fingerprint density at radius 1 is 1.14 bits per heavy atom. The molecule has 184 valence electrons. The summed E-state index contributed by atoms with van der Waals surface area (Å²) in [5, 5.41) is 2.83. The number of pyridine rings is 1. The fourth-order valence-corrected chi connectivity index (χ4v) is 4.59. The molecule has 1 amide bonds. The monoisotopic (exact) mass is 485 g/mol. The quantitative estimate of drug-likeness (QED) is 0.452. The van der Waals surface area contributed by atoms with Gasteiger partial charge in [-0.25, -0.2) is 14.4 Å². The molecule has 1 saturated heterocycles. The summed E-state index contributed by atoms with van der Waals surface area (Å²) < 4.78 is 15.6. The second-order valence-corrected chi connectivity index (χ2v) is 9.40. The highest BCUT2D eigenvalue weighted by Crippen LogP contribution is 2.23. The molecule has 4 aromatic rings. The van der Waals surface area contributed by atoms with Crippen molar-refractivity contribution in [2.24, 2.45) is 5.92 Å². The van der Waals surface area contributed by atoms with E-state index in [1.165, 1.54) is 6.07 Å². The van der Waals surface area contributed by atoms with Gasteiger partial charge in [-0.2, -0.15) is 0 Å². The van der Waals surface area contributed by atoms with E-state index in [9.17, 15) is 14.0 Å². The summed E-state index contributed by atoms with van der Waals surface area (Å²) in [6.07, 6.45) is 3.08. The summed E-state index contributed by atoms with van der Waals surface area (Å²) >= 11 is 0. The molecule has 0 aliphatic carbocycles. The van der Waals surface area contributed by atoms with Crippen LogP contribution in [-0.2, 0) is 11.3 Å². The standard InChI is InChI=1S/C28H28FN5O2/c1-18-7-10-20(11-8-18)16-34-25-24(6-3-13-30-25)32-26(28(34)36)33-14-4-5-21(17-33)27(35)31-22-12-9-19(2)23(29)15-22/h3,6-13,15,21H,4-5,14,16-17H2,1-2H3,(H,31,35). The van der Waals surface area contributed by atoms with Gasteiger partial charge in [-0.05, 0) is 62.1 Å². The largest absolute Gasteiger partial charge is 0.351 e. The van der Waals surface area contributed by atoms with Crippen molar-refractivity contribution >= 4 is 28.6 Å². The first-order valence-corrected chi connectivity index (χ1v) is 12.1. The Balaban J connectivity index is 1.43. The van der Waals surface area contributed by atoms with Crippen LogP contribution in [0, 0.1) is 25.6 Å². The minimum absolute atomic E-state index is 0.189. The first kappa shape index (κ1) is 23.7. The molecule has 1 atom stereocenters. The smallest absolute Gasteiger partial charge is 0.295 e. The zero-order chi connectivity index (χ0) is 25.2. The van der Waals surface area contributed by atoms with Crippen molar-refractivity contribution in [3.05, 3.63) is 93.7 Å². The lowest BCUT2D eigenvalue weighted by Gasteiger charge is -2.32. The molecule has 0 saturated carbocycles. The molecule has 1 N–H and O–H groups in total. The second kappa shape index (κ2) is 9.89. The van der Waals surface area contributed by atoms with Crippen LogP contribution < -0.4 is 15.8 Å². The molecule has 5 rings (SSSR count). The van der Waals surface area contributed by atoms with Crippen LogP contribution in [-0.4, -0.2) is 33.5 Å². The lowest BCUT2D eigenvalue weighted by molar-refractivity contribution is -0.120. The minimum Gasteiger partial charge on any atom is -0.351 e. The van der Waals surface area contributed by atoms with Crippen LogP contribution in [0.4, 0.5) is 15.9 Å². The summed E-state index contributed by atoms with van der Waals surface area (Å²) in [5.74, 6) is -0.576. The Morgan fingerprint density at radius 2 is 1.94 bits per heavy atom. The molecule has 1 fully saturated rings. The molecular formula is C28H28FN5O2. The third-order valence-electron chi connectivity index (χ3n) is 6.68. The van der Waals surface area contributed by atoms with Crippen molar-refractivity contribution in [1.29, 1.82) is 0 Å². The zero-order valence-corrected chi connectivity index (χ0v) is 20.4. The van der Waals surface area contributed by atoms with E-state index >= 15 is 0 Å². The number of carbonyl (C=O) groups is 1. The maximum atomic E-state index is 13.9. The molecule has 0 bridgehead atoms. The van der Waals surface area contributed by atoms with Gasteiger partial charge in [0.1, 0.15) is 11.3 Å². The molecule has 1 aliphatic rings. The molecular weight excluding hydrogens is 457 g/mol. The van der Waals surface area contributed by atoms with E-state index in [1.54, 1.807) is 35.9 Å². The van der Waals surface area contributed by atoms with Gasteiger partial charge in [0.15, 0.2) is 11.5 Å². The van der Waals surface area contributed by atoms with Crippen molar-refractivity contribution in [3.63, 3.8) is 0 Å². The Labute approximate surface area is 208 Å². The fourth-order valence-electron chi connectivity index (χ4n) is 4.59. The van der Waals surface area contributed by atoms with Gasteiger partial charge in [0.2, 0.25) is 5.91 Å². The van der Waals surface area contributed by atoms with Gasteiger partial charge in [-0.15, -0.1) is 0 Å². The van der Waals surface area contributed by atoms with E-state index in [0.29, 0.717) is 54.3 Å². The molecule has 8 heteroatoms. The molecule has 0 spiro atoms. The summed E-state index contributed by atoms with van der Waals surface area (Å²) in [6, 6.07) is 16.4. The number of fused-ring (bicyclic) bond motifs is 1. The number of hydrogen-bond acceptors (Lipinski definition) is 5. The Kier molecular flexibility index (Phi) is 6.50. The van der Waals surface area contributed by atoms with Crippen molar-refractivity contribution in [1.82, 2.24) is 14.5 Å². The number of benzene rings is 2.